The number of cyclic esters (lactones) is 1. The molecular formula is C19H18BrClN2O4S. The Labute approximate surface area is 177 Å². The molecule has 2 heterocycles. The maximum absolute atomic E-state index is 12.9. The van der Waals surface area contributed by atoms with Crippen molar-refractivity contribution >= 4 is 49.3 Å². The molecule has 1 amide bonds. The third kappa shape index (κ3) is 3.66. The molecule has 6 nitrogen and oxygen atoms in total. The first kappa shape index (κ1) is 19.7. The van der Waals surface area contributed by atoms with Crippen molar-refractivity contribution in [2.24, 2.45) is 0 Å². The largest absolute Gasteiger partial charge is 0.444 e. The van der Waals surface area contributed by atoms with Crippen molar-refractivity contribution in [1.29, 1.82) is 0 Å². The van der Waals surface area contributed by atoms with Gasteiger partial charge in [0.05, 0.1) is 10.6 Å². The van der Waals surface area contributed by atoms with Gasteiger partial charge in [0.2, 0.25) is 10.0 Å². The molecule has 0 bridgehead atoms. The Kier molecular flexibility index (Phi) is 5.39. The molecule has 9 heteroatoms. The summed E-state index contributed by atoms with van der Waals surface area (Å²) >= 11 is 9.37. The summed E-state index contributed by atoms with van der Waals surface area (Å²) in [5.74, 6) is 0. The Hall–Kier alpha value is -1.61. The topological polar surface area (TPSA) is 66.9 Å². The van der Waals surface area contributed by atoms with E-state index >= 15 is 0 Å². The van der Waals surface area contributed by atoms with Crippen LogP contribution in [0.1, 0.15) is 18.4 Å². The maximum atomic E-state index is 12.9. The van der Waals surface area contributed by atoms with Crippen molar-refractivity contribution in [2.75, 3.05) is 18.0 Å². The van der Waals surface area contributed by atoms with Gasteiger partial charge >= 0.3 is 6.09 Å². The van der Waals surface area contributed by atoms with Crippen molar-refractivity contribution < 1.29 is 17.9 Å². The van der Waals surface area contributed by atoms with Gasteiger partial charge in [-0.05, 0) is 49.2 Å². The van der Waals surface area contributed by atoms with Crippen LogP contribution in [0.25, 0.3) is 0 Å². The highest BCUT2D eigenvalue weighted by molar-refractivity contribution is 9.10. The fourth-order valence-electron chi connectivity index (χ4n) is 3.68. The molecule has 1 fully saturated rings. The normalized spacial score (nSPS) is 18.6. The average Bonchev–Trinajstić information content (AvgIpc) is 2.68. The van der Waals surface area contributed by atoms with Crippen LogP contribution in [-0.2, 0) is 21.4 Å². The second kappa shape index (κ2) is 7.67. The summed E-state index contributed by atoms with van der Waals surface area (Å²) in [6, 6.07) is 11.9. The van der Waals surface area contributed by atoms with Crippen LogP contribution in [0.3, 0.4) is 0 Å². The van der Waals surface area contributed by atoms with Crippen molar-refractivity contribution in [3.8, 4) is 0 Å². The van der Waals surface area contributed by atoms with Gasteiger partial charge in [-0.3, -0.25) is 4.90 Å². The molecule has 0 radical (unpaired) electrons. The first-order valence-corrected chi connectivity index (χ1v) is 11.5. The summed E-state index contributed by atoms with van der Waals surface area (Å²) < 4.78 is 33.3. The van der Waals surface area contributed by atoms with E-state index in [4.69, 9.17) is 16.3 Å². The molecule has 0 aromatic heterocycles. The lowest BCUT2D eigenvalue weighted by molar-refractivity contribution is 0.136. The Morgan fingerprint density at radius 1 is 1.11 bits per heavy atom. The van der Waals surface area contributed by atoms with E-state index in [1.54, 1.807) is 41.3 Å². The van der Waals surface area contributed by atoms with Gasteiger partial charge in [-0.2, -0.15) is 4.31 Å². The van der Waals surface area contributed by atoms with Gasteiger partial charge in [0.25, 0.3) is 0 Å². The minimum atomic E-state index is -3.57. The van der Waals surface area contributed by atoms with Gasteiger partial charge in [0.15, 0.2) is 0 Å². The van der Waals surface area contributed by atoms with Crippen LogP contribution in [0.5, 0.6) is 0 Å². The second-order valence-corrected chi connectivity index (χ2v) is 10.1. The number of nitrogens with zero attached hydrogens (tertiary/aromatic N) is 2. The van der Waals surface area contributed by atoms with Crippen molar-refractivity contribution in [3.05, 3.63) is 57.5 Å². The number of hydrogen-bond donors (Lipinski definition) is 0. The molecule has 4 rings (SSSR count). The van der Waals surface area contributed by atoms with E-state index in [0.717, 1.165) is 15.7 Å². The molecule has 28 heavy (non-hydrogen) atoms. The van der Waals surface area contributed by atoms with Crippen LogP contribution < -0.4 is 4.90 Å². The smallest absolute Gasteiger partial charge is 0.414 e. The number of benzene rings is 2. The van der Waals surface area contributed by atoms with Gasteiger partial charge in [-0.1, -0.05) is 33.6 Å². The predicted octanol–water partition coefficient (Wildman–Crippen LogP) is 4.41. The van der Waals surface area contributed by atoms with E-state index in [9.17, 15) is 13.2 Å². The highest BCUT2D eigenvalue weighted by atomic mass is 79.9. The van der Waals surface area contributed by atoms with Crippen molar-refractivity contribution in [1.82, 2.24) is 4.31 Å². The fraction of sp³-hybridized carbons (Fsp3) is 0.316. The molecule has 2 aromatic rings. The van der Waals surface area contributed by atoms with Crippen LogP contribution in [-0.4, -0.2) is 37.9 Å². The first-order chi connectivity index (χ1) is 13.4. The molecule has 0 spiro atoms. The molecule has 1 saturated heterocycles. The van der Waals surface area contributed by atoms with E-state index < -0.39 is 16.1 Å². The number of carbonyl (C=O) groups excluding carboxylic acids is 1. The highest BCUT2D eigenvalue weighted by Crippen LogP contribution is 2.34. The fourth-order valence-corrected chi connectivity index (χ4v) is 5.94. The molecule has 148 valence electrons. The number of ether oxygens (including phenoxy) is 1. The average molecular weight is 486 g/mol. The predicted molar refractivity (Wildman–Crippen MR) is 110 cm³/mol. The van der Waals surface area contributed by atoms with Gasteiger partial charge in [0.1, 0.15) is 6.61 Å². The van der Waals surface area contributed by atoms with E-state index in [1.165, 1.54) is 4.31 Å². The van der Waals surface area contributed by atoms with Gasteiger partial charge in [0, 0.05) is 34.2 Å². The molecular weight excluding hydrogens is 468 g/mol. The van der Waals surface area contributed by atoms with Crippen LogP contribution >= 0.6 is 27.5 Å². The zero-order valence-corrected chi connectivity index (χ0v) is 18.0. The number of amides is 1. The maximum Gasteiger partial charge on any atom is 0.414 e. The standard InChI is InChI=1S/C19H18BrClN2O4S/c20-14-2-1-3-17(11-14)28(25,26)22-8-6-16(7-9-22)23-18-5-4-15(21)10-13(18)12-27-19(23)24/h1-5,10-11,16H,6-9,12H2. The number of halogens is 2. The zero-order valence-electron chi connectivity index (χ0n) is 14.8. The lowest BCUT2D eigenvalue weighted by atomic mass is 10.0. The SMILES string of the molecule is O=C1OCc2cc(Cl)ccc2N1C1CCN(S(=O)(=O)c2cccc(Br)c2)CC1. The molecule has 0 unspecified atom stereocenters. The molecule has 0 N–H and O–H groups in total. The number of carbonyl (C=O) groups is 1. The van der Waals surface area contributed by atoms with Crippen molar-refractivity contribution in [2.45, 2.75) is 30.4 Å². The first-order valence-electron chi connectivity index (χ1n) is 8.86. The summed E-state index contributed by atoms with van der Waals surface area (Å²) in [5, 5.41) is 0.589. The van der Waals surface area contributed by atoms with Crippen LogP contribution in [0, 0.1) is 0 Å². The second-order valence-electron chi connectivity index (χ2n) is 6.79. The van der Waals surface area contributed by atoms with E-state index in [0.29, 0.717) is 31.0 Å². The van der Waals surface area contributed by atoms with E-state index in [2.05, 4.69) is 15.9 Å². The zero-order chi connectivity index (χ0) is 19.9. The van der Waals surface area contributed by atoms with Crippen LogP contribution in [0.4, 0.5) is 10.5 Å². The van der Waals surface area contributed by atoms with Gasteiger partial charge < -0.3 is 4.74 Å². The molecule has 2 aromatic carbocycles. The van der Waals surface area contributed by atoms with Gasteiger partial charge in [-0.25, -0.2) is 13.2 Å². The monoisotopic (exact) mass is 484 g/mol. The summed E-state index contributed by atoms with van der Waals surface area (Å²) in [5.41, 5.74) is 1.64. The number of rotatable bonds is 3. The number of piperidine rings is 1. The highest BCUT2D eigenvalue weighted by Gasteiger charge is 2.37. The van der Waals surface area contributed by atoms with E-state index in [-0.39, 0.29) is 17.5 Å². The molecule has 2 aliphatic heterocycles. The molecule has 0 saturated carbocycles. The summed E-state index contributed by atoms with van der Waals surface area (Å²) in [4.78, 5) is 14.3. The lowest BCUT2D eigenvalue weighted by Crippen LogP contribution is -2.50. The van der Waals surface area contributed by atoms with Crippen LogP contribution in [0.15, 0.2) is 51.8 Å². The third-order valence-electron chi connectivity index (χ3n) is 5.07. The minimum absolute atomic E-state index is 0.123. The minimum Gasteiger partial charge on any atom is -0.444 e. The quantitative estimate of drug-likeness (QED) is 0.646. The number of sulfonamides is 1. The summed E-state index contributed by atoms with van der Waals surface area (Å²) in [7, 11) is -3.57. The number of hydrogen-bond acceptors (Lipinski definition) is 4. The van der Waals surface area contributed by atoms with E-state index in [1.807, 2.05) is 6.07 Å². The third-order valence-corrected chi connectivity index (χ3v) is 7.69. The van der Waals surface area contributed by atoms with Crippen LogP contribution in [0.2, 0.25) is 5.02 Å². The molecule has 2 aliphatic rings. The Morgan fingerprint density at radius 2 is 1.86 bits per heavy atom. The number of fused-ring (bicyclic) bond motifs is 1. The Bertz CT molecular complexity index is 1020. The summed E-state index contributed by atoms with van der Waals surface area (Å²) in [6.07, 6.45) is 0.664. The molecule has 0 aliphatic carbocycles. The molecule has 0 atom stereocenters. The van der Waals surface area contributed by atoms with Crippen molar-refractivity contribution in [3.63, 3.8) is 0 Å². The van der Waals surface area contributed by atoms with Gasteiger partial charge in [-0.15, -0.1) is 0 Å². The summed E-state index contributed by atoms with van der Waals surface area (Å²) in [6.45, 7) is 0.875. The number of anilines is 1. The Balaban J connectivity index is 1.53. The lowest BCUT2D eigenvalue weighted by Gasteiger charge is -2.39. The Morgan fingerprint density at radius 3 is 2.57 bits per heavy atom.